The lowest BCUT2D eigenvalue weighted by atomic mass is 9.61. The first kappa shape index (κ1) is 23.3. The van der Waals surface area contributed by atoms with Crippen LogP contribution in [-0.2, 0) is 14.3 Å². The van der Waals surface area contributed by atoms with Crippen molar-refractivity contribution in [2.24, 2.45) is 45.8 Å². The Kier molecular flexibility index (Phi) is 5.31. The van der Waals surface area contributed by atoms with Gasteiger partial charge in [-0.3, -0.25) is 9.59 Å². The smallest absolute Gasteiger partial charge is 0.312 e. The van der Waals surface area contributed by atoms with Crippen LogP contribution in [0.4, 0.5) is 0 Å². The van der Waals surface area contributed by atoms with Crippen molar-refractivity contribution in [3.8, 4) is 0 Å². The molecule has 0 aliphatic heterocycles. The molecule has 5 aliphatic rings. The maximum absolute atomic E-state index is 14.3. The van der Waals surface area contributed by atoms with Gasteiger partial charge >= 0.3 is 5.97 Å². The van der Waals surface area contributed by atoms with E-state index in [9.17, 15) is 19.8 Å². The summed E-state index contributed by atoms with van der Waals surface area (Å²) in [6.45, 7) is 10.2. The summed E-state index contributed by atoms with van der Waals surface area (Å²) in [7, 11) is 0. The molecule has 8 atom stereocenters. The number of carbonyl (C=O) groups is 2. The van der Waals surface area contributed by atoms with Crippen molar-refractivity contribution >= 4 is 11.8 Å². The highest BCUT2D eigenvalue weighted by Gasteiger charge is 2.71. The molecule has 0 amide bonds. The van der Waals surface area contributed by atoms with Gasteiger partial charge in [0.15, 0.2) is 5.78 Å². The van der Waals surface area contributed by atoms with Crippen LogP contribution in [0.3, 0.4) is 0 Å². The number of hydrogen-bond acceptors (Lipinski definition) is 5. The SMILES string of the molecule is CC1=CC23C(=O)[C@@H](C=C(CO)[C@@H](O)[C@@H]2[C@H]1OC(=O)C1(C)CCCCC1)[C@H]1[C@@H](C[C@H]3C)C1(C)C. The Bertz CT molecular complexity index is 923. The number of ketones is 1. The highest BCUT2D eigenvalue weighted by atomic mass is 16.5. The molecule has 0 saturated heterocycles. The predicted molar refractivity (Wildman–Crippen MR) is 125 cm³/mol. The van der Waals surface area contributed by atoms with Crippen molar-refractivity contribution in [1.82, 2.24) is 0 Å². The van der Waals surface area contributed by atoms with E-state index in [1.807, 2.05) is 26.0 Å². The van der Waals surface area contributed by atoms with E-state index < -0.39 is 29.0 Å². The molecule has 1 unspecified atom stereocenters. The molecular formula is C28H40O5. The molecule has 5 rings (SSSR count). The number of rotatable bonds is 3. The average molecular weight is 457 g/mol. The van der Waals surface area contributed by atoms with Crippen molar-refractivity contribution in [2.45, 2.75) is 85.4 Å². The van der Waals surface area contributed by atoms with Crippen LogP contribution in [0.5, 0.6) is 0 Å². The topological polar surface area (TPSA) is 83.8 Å². The lowest BCUT2D eigenvalue weighted by molar-refractivity contribution is -0.169. The van der Waals surface area contributed by atoms with E-state index >= 15 is 0 Å². The van der Waals surface area contributed by atoms with Crippen LogP contribution in [0.25, 0.3) is 0 Å². The summed E-state index contributed by atoms with van der Waals surface area (Å²) in [5, 5.41) is 21.8. The van der Waals surface area contributed by atoms with Gasteiger partial charge in [-0.15, -0.1) is 0 Å². The Morgan fingerprint density at radius 2 is 1.82 bits per heavy atom. The Morgan fingerprint density at radius 1 is 1.15 bits per heavy atom. The number of ether oxygens (including phenoxy) is 1. The second-order valence-electron chi connectivity index (χ2n) is 12.6. The predicted octanol–water partition coefficient (Wildman–Crippen LogP) is 4.22. The van der Waals surface area contributed by atoms with E-state index in [-0.39, 0.29) is 41.5 Å². The summed E-state index contributed by atoms with van der Waals surface area (Å²) in [5.74, 6) is -0.259. The van der Waals surface area contributed by atoms with Crippen LogP contribution >= 0.6 is 0 Å². The minimum absolute atomic E-state index is 0.0271. The second-order valence-corrected chi connectivity index (χ2v) is 12.6. The van der Waals surface area contributed by atoms with Crippen molar-refractivity contribution in [2.75, 3.05) is 6.61 Å². The van der Waals surface area contributed by atoms with Crippen LogP contribution in [0, 0.1) is 45.8 Å². The fourth-order valence-corrected chi connectivity index (χ4v) is 8.29. The molecular weight excluding hydrogens is 416 g/mol. The normalized spacial score (nSPS) is 45.1. The molecule has 5 nitrogen and oxygen atoms in total. The van der Waals surface area contributed by atoms with Crippen molar-refractivity contribution < 1.29 is 24.5 Å². The van der Waals surface area contributed by atoms with Crippen LogP contribution in [0.15, 0.2) is 23.3 Å². The zero-order valence-electron chi connectivity index (χ0n) is 20.8. The quantitative estimate of drug-likeness (QED) is 0.491. The number of Topliss-reactive ketones (excluding diaryl/α,β-unsaturated/α-hetero) is 1. The van der Waals surface area contributed by atoms with Gasteiger partial charge in [-0.2, -0.15) is 0 Å². The van der Waals surface area contributed by atoms with Gasteiger partial charge in [-0.1, -0.05) is 52.2 Å². The third-order valence-electron chi connectivity index (χ3n) is 10.5. The summed E-state index contributed by atoms with van der Waals surface area (Å²) in [6.07, 6.45) is 7.98. The number of aliphatic hydroxyl groups excluding tert-OH is 2. The summed E-state index contributed by atoms with van der Waals surface area (Å²) >= 11 is 0. The first-order chi connectivity index (χ1) is 15.5. The zero-order valence-corrected chi connectivity index (χ0v) is 20.8. The number of esters is 1. The van der Waals surface area contributed by atoms with Gasteiger partial charge in [0.25, 0.3) is 0 Å². The highest BCUT2D eigenvalue weighted by molar-refractivity contribution is 5.94. The number of allylic oxidation sites excluding steroid dienone is 2. The van der Waals surface area contributed by atoms with Crippen molar-refractivity contribution in [3.05, 3.63) is 23.3 Å². The fraction of sp³-hybridized carbons (Fsp3) is 0.786. The lowest BCUT2D eigenvalue weighted by Gasteiger charge is -2.43. The van der Waals surface area contributed by atoms with Crippen LogP contribution in [0.2, 0.25) is 0 Å². The standard InChI is InChI=1S/C28H40O5/c1-15-13-28-16(2)11-19-20(26(19,3)4)18(24(28)31)12-17(14-29)22(30)21(28)23(15)33-25(32)27(5)9-7-6-8-10-27/h12-13,16,18-23,29-30H,6-11,14H2,1-5H3/t16-,18+,19-,20+,21-,22-,23+,28?/m1/s1. The molecule has 3 fully saturated rings. The second kappa shape index (κ2) is 7.52. The third-order valence-corrected chi connectivity index (χ3v) is 10.5. The van der Waals surface area contributed by atoms with E-state index in [4.69, 9.17) is 4.74 Å². The summed E-state index contributed by atoms with van der Waals surface area (Å²) in [5.41, 5.74) is 0.0661. The molecule has 5 aliphatic carbocycles. The Balaban J connectivity index is 1.56. The maximum Gasteiger partial charge on any atom is 0.312 e. The zero-order chi connectivity index (χ0) is 23.9. The Labute approximate surface area is 197 Å². The van der Waals surface area contributed by atoms with E-state index in [2.05, 4.69) is 20.8 Å². The number of hydrogen-bond donors (Lipinski definition) is 2. The lowest BCUT2D eigenvalue weighted by Crippen LogP contribution is -2.51. The number of carbonyl (C=O) groups excluding carboxylic acids is 2. The summed E-state index contributed by atoms with van der Waals surface area (Å²) < 4.78 is 6.23. The number of aliphatic hydroxyl groups is 2. The van der Waals surface area contributed by atoms with E-state index in [0.717, 1.165) is 44.1 Å². The van der Waals surface area contributed by atoms with Gasteiger partial charge in [0.1, 0.15) is 6.10 Å². The molecule has 3 saturated carbocycles. The largest absolute Gasteiger partial charge is 0.457 e. The van der Waals surface area contributed by atoms with Gasteiger partial charge in [-0.05, 0) is 67.4 Å². The highest BCUT2D eigenvalue weighted by Crippen LogP contribution is 2.71. The molecule has 182 valence electrons. The molecule has 0 heterocycles. The van der Waals surface area contributed by atoms with Crippen molar-refractivity contribution in [1.29, 1.82) is 0 Å². The first-order valence-corrected chi connectivity index (χ1v) is 12.9. The average Bonchev–Trinajstić information content (AvgIpc) is 3.21. The van der Waals surface area contributed by atoms with E-state index in [1.54, 1.807) is 0 Å². The van der Waals surface area contributed by atoms with Gasteiger partial charge in [-0.25, -0.2) is 0 Å². The van der Waals surface area contributed by atoms with Crippen LogP contribution in [-0.4, -0.2) is 40.8 Å². The van der Waals surface area contributed by atoms with Crippen LogP contribution in [0.1, 0.15) is 73.1 Å². The molecule has 0 aromatic carbocycles. The molecule has 2 bridgehead atoms. The fourth-order valence-electron chi connectivity index (χ4n) is 8.29. The maximum atomic E-state index is 14.3. The Hall–Kier alpha value is -1.46. The van der Waals surface area contributed by atoms with E-state index in [1.165, 1.54) is 0 Å². The minimum atomic E-state index is -1.02. The molecule has 0 aromatic rings. The Morgan fingerprint density at radius 3 is 2.45 bits per heavy atom. The molecule has 0 radical (unpaired) electrons. The van der Waals surface area contributed by atoms with Crippen molar-refractivity contribution in [3.63, 3.8) is 0 Å². The van der Waals surface area contributed by atoms with E-state index in [0.29, 0.717) is 11.5 Å². The van der Waals surface area contributed by atoms with Gasteiger partial charge in [0.2, 0.25) is 0 Å². The van der Waals surface area contributed by atoms with Gasteiger partial charge in [0, 0.05) is 11.8 Å². The molecule has 33 heavy (non-hydrogen) atoms. The summed E-state index contributed by atoms with van der Waals surface area (Å²) in [4.78, 5) is 27.7. The summed E-state index contributed by atoms with van der Waals surface area (Å²) in [6, 6.07) is 0. The molecule has 2 N–H and O–H groups in total. The van der Waals surface area contributed by atoms with Gasteiger partial charge in [0.05, 0.1) is 23.5 Å². The first-order valence-electron chi connectivity index (χ1n) is 12.9. The van der Waals surface area contributed by atoms with Crippen LogP contribution < -0.4 is 0 Å². The monoisotopic (exact) mass is 456 g/mol. The third kappa shape index (κ3) is 3.10. The molecule has 1 spiro atoms. The minimum Gasteiger partial charge on any atom is -0.457 e. The number of fused-ring (bicyclic) bond motifs is 3. The molecule has 0 aromatic heterocycles. The molecule has 5 heteroatoms. The van der Waals surface area contributed by atoms with Gasteiger partial charge < -0.3 is 14.9 Å².